The van der Waals surface area contributed by atoms with Crippen molar-refractivity contribution in [2.75, 3.05) is 6.54 Å². The molecule has 1 aromatic rings. The third-order valence-electron chi connectivity index (χ3n) is 4.66. The van der Waals surface area contributed by atoms with Crippen LogP contribution in [-0.4, -0.2) is 32.7 Å². The minimum Gasteiger partial charge on any atom is -0.389 e. The molecule has 0 bridgehead atoms. The molecule has 110 valence electrons. The molecule has 1 amide bonds. The number of carbonyl (C=O) groups is 1. The van der Waals surface area contributed by atoms with Crippen LogP contribution in [0.25, 0.3) is 0 Å². The highest BCUT2D eigenvalue weighted by Crippen LogP contribution is 2.32. The standard InChI is InChI=1S/C15H23N3O2/c19-14(10-15(20)4-1-2-5-15)17-11-12-3-7-18-8-6-16-13(18)9-12/h6,8,12,20H,1-5,7,9-11H2,(H,17,19)/t12-/m1/s1. The Balaban J connectivity index is 1.44. The number of aryl methyl sites for hydroxylation is 1. The zero-order valence-electron chi connectivity index (χ0n) is 11.8. The number of hydrogen-bond acceptors (Lipinski definition) is 3. The summed E-state index contributed by atoms with van der Waals surface area (Å²) in [6.07, 6.45) is 9.72. The lowest BCUT2D eigenvalue weighted by molar-refractivity contribution is -0.126. The molecule has 0 aromatic carbocycles. The van der Waals surface area contributed by atoms with Crippen LogP contribution in [0, 0.1) is 5.92 Å². The second kappa shape index (κ2) is 5.56. The Kier molecular flexibility index (Phi) is 3.78. The van der Waals surface area contributed by atoms with Crippen molar-refractivity contribution in [1.29, 1.82) is 0 Å². The summed E-state index contributed by atoms with van der Waals surface area (Å²) in [4.78, 5) is 16.3. The van der Waals surface area contributed by atoms with Gasteiger partial charge in [0.2, 0.25) is 5.91 Å². The SMILES string of the molecule is O=C(CC1(O)CCCC1)NC[C@@H]1CCn2ccnc2C1. The number of aromatic nitrogens is 2. The number of rotatable bonds is 4. The van der Waals surface area contributed by atoms with Gasteiger partial charge >= 0.3 is 0 Å². The largest absolute Gasteiger partial charge is 0.389 e. The third kappa shape index (κ3) is 3.03. The van der Waals surface area contributed by atoms with E-state index >= 15 is 0 Å². The van der Waals surface area contributed by atoms with E-state index in [-0.39, 0.29) is 12.3 Å². The predicted octanol–water partition coefficient (Wildman–Crippen LogP) is 1.26. The van der Waals surface area contributed by atoms with Gasteiger partial charge in [-0.3, -0.25) is 4.79 Å². The van der Waals surface area contributed by atoms with Crippen LogP contribution in [0.2, 0.25) is 0 Å². The molecule has 1 fully saturated rings. The molecule has 5 nitrogen and oxygen atoms in total. The first-order valence-electron chi connectivity index (χ1n) is 7.64. The molecule has 2 aliphatic rings. The highest BCUT2D eigenvalue weighted by molar-refractivity contribution is 5.77. The van der Waals surface area contributed by atoms with Crippen molar-refractivity contribution >= 4 is 5.91 Å². The maximum Gasteiger partial charge on any atom is 0.222 e. The molecule has 0 saturated heterocycles. The smallest absolute Gasteiger partial charge is 0.222 e. The molecule has 1 saturated carbocycles. The molecule has 2 heterocycles. The topological polar surface area (TPSA) is 67.2 Å². The van der Waals surface area contributed by atoms with Crippen molar-refractivity contribution in [2.45, 2.75) is 57.1 Å². The van der Waals surface area contributed by atoms with Gasteiger partial charge in [0.1, 0.15) is 5.82 Å². The van der Waals surface area contributed by atoms with Crippen LogP contribution in [0.3, 0.4) is 0 Å². The quantitative estimate of drug-likeness (QED) is 0.870. The van der Waals surface area contributed by atoms with Gasteiger partial charge in [-0.2, -0.15) is 0 Å². The maximum atomic E-state index is 12.0. The first-order valence-corrected chi connectivity index (χ1v) is 7.64. The fraction of sp³-hybridized carbons (Fsp3) is 0.733. The van der Waals surface area contributed by atoms with E-state index in [0.717, 1.165) is 50.9 Å². The monoisotopic (exact) mass is 277 g/mol. The van der Waals surface area contributed by atoms with Gasteiger partial charge in [0.15, 0.2) is 0 Å². The van der Waals surface area contributed by atoms with E-state index in [0.29, 0.717) is 12.5 Å². The average Bonchev–Trinajstić information content (AvgIpc) is 3.04. The summed E-state index contributed by atoms with van der Waals surface area (Å²) in [5, 5.41) is 13.2. The molecule has 1 aromatic heterocycles. The van der Waals surface area contributed by atoms with Gasteiger partial charge in [0.05, 0.1) is 12.0 Å². The minimum absolute atomic E-state index is 0.0108. The van der Waals surface area contributed by atoms with Gasteiger partial charge in [0.25, 0.3) is 0 Å². The lowest BCUT2D eigenvalue weighted by atomic mass is 9.96. The Morgan fingerprint density at radius 1 is 1.50 bits per heavy atom. The molecule has 5 heteroatoms. The molecule has 0 radical (unpaired) electrons. The van der Waals surface area contributed by atoms with Crippen molar-refractivity contribution < 1.29 is 9.90 Å². The van der Waals surface area contributed by atoms with Crippen molar-refractivity contribution in [2.24, 2.45) is 5.92 Å². The predicted molar refractivity (Wildman–Crippen MR) is 75.1 cm³/mol. The van der Waals surface area contributed by atoms with Gasteiger partial charge in [-0.15, -0.1) is 0 Å². The van der Waals surface area contributed by atoms with Gasteiger partial charge in [-0.05, 0) is 25.2 Å². The third-order valence-corrected chi connectivity index (χ3v) is 4.66. The van der Waals surface area contributed by atoms with E-state index in [9.17, 15) is 9.90 Å². The second-order valence-corrected chi connectivity index (χ2v) is 6.31. The number of nitrogens with one attached hydrogen (secondary N) is 1. The summed E-state index contributed by atoms with van der Waals surface area (Å²) >= 11 is 0. The lowest BCUT2D eigenvalue weighted by Crippen LogP contribution is -2.38. The van der Waals surface area contributed by atoms with E-state index in [4.69, 9.17) is 0 Å². The Bertz CT molecular complexity index is 477. The minimum atomic E-state index is -0.743. The molecule has 20 heavy (non-hydrogen) atoms. The molecule has 2 N–H and O–H groups in total. The molecular formula is C15H23N3O2. The van der Waals surface area contributed by atoms with E-state index < -0.39 is 5.60 Å². The number of hydrogen-bond donors (Lipinski definition) is 2. The summed E-state index contributed by atoms with van der Waals surface area (Å²) in [6.45, 7) is 1.68. The summed E-state index contributed by atoms with van der Waals surface area (Å²) in [5.74, 6) is 1.57. The number of fused-ring (bicyclic) bond motifs is 1. The maximum absolute atomic E-state index is 12.0. The fourth-order valence-electron chi connectivity index (χ4n) is 3.42. The lowest BCUT2D eigenvalue weighted by Gasteiger charge is -2.25. The van der Waals surface area contributed by atoms with Crippen LogP contribution in [0.5, 0.6) is 0 Å². The van der Waals surface area contributed by atoms with E-state index in [2.05, 4.69) is 14.9 Å². The first kappa shape index (κ1) is 13.6. The first-order chi connectivity index (χ1) is 9.65. The molecular weight excluding hydrogens is 254 g/mol. The van der Waals surface area contributed by atoms with Gasteiger partial charge < -0.3 is 15.0 Å². The van der Waals surface area contributed by atoms with Crippen LogP contribution in [0.1, 0.15) is 44.3 Å². The Morgan fingerprint density at radius 2 is 2.30 bits per heavy atom. The number of imidazole rings is 1. The van der Waals surface area contributed by atoms with Crippen LogP contribution < -0.4 is 5.32 Å². The molecule has 0 unspecified atom stereocenters. The Hall–Kier alpha value is -1.36. The average molecular weight is 277 g/mol. The number of amides is 1. The summed E-state index contributed by atoms with van der Waals surface area (Å²) in [7, 11) is 0. The summed E-state index contributed by atoms with van der Waals surface area (Å²) in [5.41, 5.74) is -0.743. The van der Waals surface area contributed by atoms with Crippen molar-refractivity contribution in [3.05, 3.63) is 18.2 Å². The van der Waals surface area contributed by atoms with Gasteiger partial charge in [-0.25, -0.2) is 4.98 Å². The van der Waals surface area contributed by atoms with Crippen LogP contribution in [-0.2, 0) is 17.8 Å². The van der Waals surface area contributed by atoms with E-state index in [1.54, 1.807) is 0 Å². The van der Waals surface area contributed by atoms with E-state index in [1.807, 2.05) is 12.4 Å². The fourth-order valence-corrected chi connectivity index (χ4v) is 3.42. The Labute approximate surface area is 119 Å². The zero-order valence-corrected chi connectivity index (χ0v) is 11.8. The number of carbonyl (C=O) groups excluding carboxylic acids is 1. The highest BCUT2D eigenvalue weighted by Gasteiger charge is 2.33. The summed E-state index contributed by atoms with van der Waals surface area (Å²) in [6, 6.07) is 0. The number of nitrogens with zero attached hydrogens (tertiary/aromatic N) is 2. The molecule has 0 spiro atoms. The Morgan fingerprint density at radius 3 is 3.10 bits per heavy atom. The van der Waals surface area contributed by atoms with Crippen LogP contribution in [0.4, 0.5) is 0 Å². The van der Waals surface area contributed by atoms with Crippen molar-refractivity contribution in [1.82, 2.24) is 14.9 Å². The molecule has 1 aliphatic heterocycles. The van der Waals surface area contributed by atoms with Gasteiger partial charge in [0, 0.05) is 31.9 Å². The van der Waals surface area contributed by atoms with Crippen LogP contribution in [0.15, 0.2) is 12.4 Å². The van der Waals surface area contributed by atoms with Crippen molar-refractivity contribution in [3.63, 3.8) is 0 Å². The number of aliphatic hydroxyl groups is 1. The van der Waals surface area contributed by atoms with Crippen molar-refractivity contribution in [3.8, 4) is 0 Å². The van der Waals surface area contributed by atoms with E-state index in [1.165, 1.54) is 0 Å². The normalized spacial score (nSPS) is 24.4. The second-order valence-electron chi connectivity index (χ2n) is 6.31. The highest BCUT2D eigenvalue weighted by atomic mass is 16.3. The van der Waals surface area contributed by atoms with Crippen LogP contribution >= 0.6 is 0 Å². The molecule has 3 rings (SSSR count). The zero-order chi connectivity index (χ0) is 14.0. The molecule has 1 aliphatic carbocycles. The van der Waals surface area contributed by atoms with Gasteiger partial charge in [-0.1, -0.05) is 12.8 Å². The summed E-state index contributed by atoms with van der Waals surface area (Å²) < 4.78 is 2.18. The molecule has 1 atom stereocenters.